The number of carbonyl (C=O) groups excluding carboxylic acids is 1. The van der Waals surface area contributed by atoms with Gasteiger partial charge in [-0.1, -0.05) is 34.6 Å². The standard InChI is InChI=1S/C17H29N3O/c1-7-14-8-13(9-16(18-6)20-14)17(21)19-10-15(11(2)3)12(4)5/h8-9,11-12,15H,7,10H2,1-6H3,(H,18,20)(H,19,21). The summed E-state index contributed by atoms with van der Waals surface area (Å²) >= 11 is 0. The summed E-state index contributed by atoms with van der Waals surface area (Å²) in [6.07, 6.45) is 0.816. The molecule has 0 saturated heterocycles. The van der Waals surface area contributed by atoms with Gasteiger partial charge in [-0.2, -0.15) is 0 Å². The van der Waals surface area contributed by atoms with E-state index in [-0.39, 0.29) is 5.91 Å². The van der Waals surface area contributed by atoms with E-state index >= 15 is 0 Å². The Morgan fingerprint density at radius 3 is 2.29 bits per heavy atom. The average molecular weight is 291 g/mol. The summed E-state index contributed by atoms with van der Waals surface area (Å²) in [6, 6.07) is 3.67. The number of pyridine rings is 1. The van der Waals surface area contributed by atoms with Crippen LogP contribution in [0.2, 0.25) is 0 Å². The van der Waals surface area contributed by atoms with Crippen molar-refractivity contribution in [2.75, 3.05) is 18.9 Å². The van der Waals surface area contributed by atoms with Crippen LogP contribution in [0.15, 0.2) is 12.1 Å². The van der Waals surface area contributed by atoms with Crippen LogP contribution in [0.4, 0.5) is 5.82 Å². The molecule has 0 aliphatic heterocycles. The van der Waals surface area contributed by atoms with Crippen LogP contribution < -0.4 is 10.6 Å². The molecule has 0 saturated carbocycles. The van der Waals surface area contributed by atoms with Gasteiger partial charge in [-0.3, -0.25) is 4.79 Å². The first kappa shape index (κ1) is 17.5. The molecule has 0 spiro atoms. The second-order valence-electron chi connectivity index (χ2n) is 6.20. The number of hydrogen-bond donors (Lipinski definition) is 2. The molecule has 0 bridgehead atoms. The molecule has 1 heterocycles. The molecule has 0 atom stereocenters. The van der Waals surface area contributed by atoms with E-state index in [1.165, 1.54) is 0 Å². The van der Waals surface area contributed by atoms with E-state index in [4.69, 9.17) is 0 Å². The molecule has 2 N–H and O–H groups in total. The van der Waals surface area contributed by atoms with Crippen molar-refractivity contribution >= 4 is 11.7 Å². The summed E-state index contributed by atoms with van der Waals surface area (Å²) in [4.78, 5) is 16.8. The Morgan fingerprint density at radius 2 is 1.81 bits per heavy atom. The lowest BCUT2D eigenvalue weighted by Gasteiger charge is -2.25. The van der Waals surface area contributed by atoms with Crippen LogP contribution in [0.3, 0.4) is 0 Å². The van der Waals surface area contributed by atoms with E-state index in [0.29, 0.717) is 29.9 Å². The number of amides is 1. The molecule has 0 fully saturated rings. The third kappa shape index (κ3) is 5.03. The molecule has 1 aromatic rings. The van der Waals surface area contributed by atoms with Crippen molar-refractivity contribution in [1.82, 2.24) is 10.3 Å². The monoisotopic (exact) mass is 291 g/mol. The lowest BCUT2D eigenvalue weighted by molar-refractivity contribution is 0.0937. The van der Waals surface area contributed by atoms with Crippen LogP contribution >= 0.6 is 0 Å². The highest BCUT2D eigenvalue weighted by atomic mass is 16.1. The zero-order valence-electron chi connectivity index (χ0n) is 14.2. The molecule has 4 heteroatoms. The van der Waals surface area contributed by atoms with Gasteiger partial charge in [-0.25, -0.2) is 4.98 Å². The Kier molecular flexibility index (Phi) is 6.66. The molecule has 0 aliphatic carbocycles. The van der Waals surface area contributed by atoms with E-state index in [1.54, 1.807) is 6.07 Å². The maximum Gasteiger partial charge on any atom is 0.251 e. The number of nitrogens with one attached hydrogen (secondary N) is 2. The van der Waals surface area contributed by atoms with Gasteiger partial charge in [0.1, 0.15) is 5.82 Å². The molecule has 0 unspecified atom stereocenters. The maximum atomic E-state index is 12.4. The SMILES string of the molecule is CCc1cc(C(=O)NCC(C(C)C)C(C)C)cc(NC)n1. The Hall–Kier alpha value is -1.58. The van der Waals surface area contributed by atoms with Crippen LogP contribution in [0, 0.1) is 17.8 Å². The topological polar surface area (TPSA) is 54.0 Å². The minimum atomic E-state index is -0.0186. The summed E-state index contributed by atoms with van der Waals surface area (Å²) in [5, 5.41) is 6.08. The fourth-order valence-electron chi connectivity index (χ4n) is 2.58. The van der Waals surface area contributed by atoms with Crippen molar-refractivity contribution in [2.45, 2.75) is 41.0 Å². The Balaban J connectivity index is 2.79. The average Bonchev–Trinajstić information content (AvgIpc) is 2.45. The normalized spacial score (nSPS) is 11.3. The molecule has 118 valence electrons. The van der Waals surface area contributed by atoms with Gasteiger partial charge < -0.3 is 10.6 Å². The lowest BCUT2D eigenvalue weighted by atomic mass is 9.85. The number of anilines is 1. The van der Waals surface area contributed by atoms with Gasteiger partial charge in [-0.15, -0.1) is 0 Å². The molecule has 21 heavy (non-hydrogen) atoms. The summed E-state index contributed by atoms with van der Waals surface area (Å²) in [7, 11) is 1.82. The van der Waals surface area contributed by atoms with Gasteiger partial charge >= 0.3 is 0 Å². The first-order valence-electron chi connectivity index (χ1n) is 7.85. The van der Waals surface area contributed by atoms with Crippen molar-refractivity contribution in [3.63, 3.8) is 0 Å². The summed E-state index contributed by atoms with van der Waals surface area (Å²) in [6.45, 7) is 11.6. The predicted octanol–water partition coefficient (Wildman–Crippen LogP) is 3.34. The van der Waals surface area contributed by atoms with E-state index in [0.717, 1.165) is 17.9 Å². The van der Waals surface area contributed by atoms with E-state index in [2.05, 4.69) is 43.3 Å². The van der Waals surface area contributed by atoms with Gasteiger partial charge in [-0.05, 0) is 36.3 Å². The van der Waals surface area contributed by atoms with Crippen LogP contribution in [-0.2, 0) is 6.42 Å². The Labute approximate surface area is 128 Å². The largest absolute Gasteiger partial charge is 0.373 e. The number of aryl methyl sites for hydroxylation is 1. The first-order valence-corrected chi connectivity index (χ1v) is 7.85. The van der Waals surface area contributed by atoms with Gasteiger partial charge in [0.05, 0.1) is 0 Å². The van der Waals surface area contributed by atoms with Gasteiger partial charge in [0.15, 0.2) is 0 Å². The summed E-state index contributed by atoms with van der Waals surface area (Å²) in [5.74, 6) is 2.33. The third-order valence-electron chi connectivity index (χ3n) is 3.97. The maximum absolute atomic E-state index is 12.4. The molecule has 1 aromatic heterocycles. The van der Waals surface area contributed by atoms with Crippen molar-refractivity contribution in [1.29, 1.82) is 0 Å². The highest BCUT2D eigenvalue weighted by molar-refractivity contribution is 5.95. The first-order chi connectivity index (χ1) is 9.88. The fraction of sp³-hybridized carbons (Fsp3) is 0.647. The molecule has 1 rings (SSSR count). The molecule has 4 nitrogen and oxygen atoms in total. The van der Waals surface area contributed by atoms with Crippen LogP contribution in [-0.4, -0.2) is 24.5 Å². The molecule has 0 radical (unpaired) electrons. The number of aromatic nitrogens is 1. The highest BCUT2D eigenvalue weighted by Gasteiger charge is 2.19. The summed E-state index contributed by atoms with van der Waals surface area (Å²) in [5.41, 5.74) is 1.61. The van der Waals surface area contributed by atoms with Crippen LogP contribution in [0.1, 0.15) is 50.7 Å². The lowest BCUT2D eigenvalue weighted by Crippen LogP contribution is -2.34. The minimum Gasteiger partial charge on any atom is -0.373 e. The molecular weight excluding hydrogens is 262 g/mol. The Morgan fingerprint density at radius 1 is 1.19 bits per heavy atom. The zero-order valence-corrected chi connectivity index (χ0v) is 14.2. The fourth-order valence-corrected chi connectivity index (χ4v) is 2.58. The minimum absolute atomic E-state index is 0.0186. The molecular formula is C17H29N3O. The van der Waals surface area contributed by atoms with Crippen LogP contribution in [0.25, 0.3) is 0 Å². The van der Waals surface area contributed by atoms with Gasteiger partial charge in [0, 0.05) is 24.8 Å². The summed E-state index contributed by atoms with van der Waals surface area (Å²) < 4.78 is 0. The smallest absolute Gasteiger partial charge is 0.251 e. The zero-order chi connectivity index (χ0) is 16.0. The third-order valence-corrected chi connectivity index (χ3v) is 3.97. The number of hydrogen-bond acceptors (Lipinski definition) is 3. The van der Waals surface area contributed by atoms with Crippen molar-refractivity contribution in [3.8, 4) is 0 Å². The molecule has 1 amide bonds. The number of rotatable bonds is 7. The molecule has 0 aromatic carbocycles. The van der Waals surface area contributed by atoms with E-state index < -0.39 is 0 Å². The highest BCUT2D eigenvalue weighted by Crippen LogP contribution is 2.19. The van der Waals surface area contributed by atoms with Crippen LogP contribution in [0.5, 0.6) is 0 Å². The van der Waals surface area contributed by atoms with Gasteiger partial charge in [0.25, 0.3) is 5.91 Å². The predicted molar refractivity (Wildman–Crippen MR) is 88.7 cm³/mol. The number of nitrogens with zero attached hydrogens (tertiary/aromatic N) is 1. The second kappa shape index (κ2) is 8.01. The van der Waals surface area contributed by atoms with Gasteiger partial charge in [0.2, 0.25) is 0 Å². The van der Waals surface area contributed by atoms with E-state index in [1.807, 2.05) is 20.0 Å². The molecule has 0 aliphatic rings. The van der Waals surface area contributed by atoms with Crippen molar-refractivity contribution in [2.24, 2.45) is 17.8 Å². The quantitative estimate of drug-likeness (QED) is 0.810. The Bertz CT molecular complexity index is 439. The van der Waals surface area contributed by atoms with Crippen molar-refractivity contribution in [3.05, 3.63) is 23.4 Å². The van der Waals surface area contributed by atoms with E-state index in [9.17, 15) is 4.79 Å². The van der Waals surface area contributed by atoms with Crippen molar-refractivity contribution < 1.29 is 4.79 Å². The second-order valence-corrected chi connectivity index (χ2v) is 6.20. The number of carbonyl (C=O) groups is 1.